The summed E-state index contributed by atoms with van der Waals surface area (Å²) < 4.78 is 0. The van der Waals surface area contributed by atoms with Gasteiger partial charge in [-0.25, -0.2) is 0 Å². The Balaban J connectivity index is 4.02. The molecule has 0 aromatic heterocycles. The molecule has 17 heavy (non-hydrogen) atoms. The molecule has 0 saturated carbocycles. The summed E-state index contributed by atoms with van der Waals surface area (Å²) in [4.78, 5) is 12.0. The molecule has 1 unspecified atom stereocenters. The van der Waals surface area contributed by atoms with Crippen molar-refractivity contribution in [2.45, 2.75) is 59.3 Å². The number of hydrogen-bond donors (Lipinski definition) is 1. The Labute approximate surface area is 115 Å². The average molecular weight is 306 g/mol. The van der Waals surface area contributed by atoms with Crippen LogP contribution in [0.4, 0.5) is 0 Å². The van der Waals surface area contributed by atoms with Crippen molar-refractivity contribution < 1.29 is 4.79 Å². The first kappa shape index (κ1) is 16.9. The van der Waals surface area contributed by atoms with Crippen LogP contribution in [0.1, 0.15) is 59.3 Å². The zero-order valence-corrected chi connectivity index (χ0v) is 13.2. The first-order chi connectivity index (χ1) is 8.19. The lowest BCUT2D eigenvalue weighted by Crippen LogP contribution is -2.34. The lowest BCUT2D eigenvalue weighted by molar-refractivity contribution is -0.125. The summed E-state index contributed by atoms with van der Waals surface area (Å²) in [6, 6.07) is 0. The molecule has 102 valence electrons. The molecule has 0 aliphatic carbocycles. The van der Waals surface area contributed by atoms with Crippen LogP contribution in [0.5, 0.6) is 0 Å². The first-order valence-electron chi connectivity index (χ1n) is 7.03. The van der Waals surface area contributed by atoms with Gasteiger partial charge in [0.1, 0.15) is 0 Å². The van der Waals surface area contributed by atoms with Crippen LogP contribution in [0.25, 0.3) is 0 Å². The molecule has 0 bridgehead atoms. The smallest absolute Gasteiger partial charge is 0.223 e. The summed E-state index contributed by atoms with van der Waals surface area (Å²) in [6.07, 6.45) is 6.51. The minimum absolute atomic E-state index is 0.228. The van der Waals surface area contributed by atoms with E-state index >= 15 is 0 Å². The largest absolute Gasteiger partial charge is 0.356 e. The van der Waals surface area contributed by atoms with Gasteiger partial charge in [0.15, 0.2) is 0 Å². The third-order valence-electron chi connectivity index (χ3n) is 3.30. The third kappa shape index (κ3) is 7.80. The zero-order chi connectivity index (χ0) is 13.1. The maximum atomic E-state index is 12.0. The van der Waals surface area contributed by atoms with E-state index in [0.717, 1.165) is 50.4 Å². The molecule has 0 aliphatic rings. The zero-order valence-electron chi connectivity index (χ0n) is 11.6. The van der Waals surface area contributed by atoms with Gasteiger partial charge in [0.25, 0.3) is 0 Å². The van der Waals surface area contributed by atoms with Crippen LogP contribution in [0.2, 0.25) is 0 Å². The van der Waals surface area contributed by atoms with Crippen molar-refractivity contribution in [2.75, 3.05) is 11.9 Å². The van der Waals surface area contributed by atoms with Gasteiger partial charge in [-0.15, -0.1) is 0 Å². The number of rotatable bonds is 10. The second-order valence-corrected chi connectivity index (χ2v) is 5.56. The van der Waals surface area contributed by atoms with E-state index in [1.807, 2.05) is 0 Å². The van der Waals surface area contributed by atoms with E-state index in [-0.39, 0.29) is 11.8 Å². The van der Waals surface area contributed by atoms with E-state index in [2.05, 4.69) is 42.0 Å². The fourth-order valence-electron chi connectivity index (χ4n) is 2.10. The molecular weight excluding hydrogens is 278 g/mol. The Morgan fingerprint density at radius 2 is 1.71 bits per heavy atom. The highest BCUT2D eigenvalue weighted by molar-refractivity contribution is 9.09. The van der Waals surface area contributed by atoms with Crippen LogP contribution in [-0.4, -0.2) is 17.8 Å². The van der Waals surface area contributed by atoms with Crippen molar-refractivity contribution in [3.63, 3.8) is 0 Å². The summed E-state index contributed by atoms with van der Waals surface area (Å²) in [5.74, 6) is 1.11. The van der Waals surface area contributed by atoms with E-state index in [4.69, 9.17) is 0 Å². The molecule has 0 rings (SSSR count). The molecule has 0 spiro atoms. The SMILES string of the molecule is CCCC(CCC)C(=O)NCC(CC)CCBr. The highest BCUT2D eigenvalue weighted by atomic mass is 79.9. The predicted molar refractivity (Wildman–Crippen MR) is 78.5 cm³/mol. The fourth-order valence-corrected chi connectivity index (χ4v) is 2.75. The summed E-state index contributed by atoms with van der Waals surface area (Å²) in [5.41, 5.74) is 0. The normalized spacial score (nSPS) is 12.8. The molecule has 1 amide bonds. The van der Waals surface area contributed by atoms with Gasteiger partial charge >= 0.3 is 0 Å². The van der Waals surface area contributed by atoms with Gasteiger partial charge in [-0.05, 0) is 25.2 Å². The molecule has 0 aromatic carbocycles. The second-order valence-electron chi connectivity index (χ2n) is 4.77. The van der Waals surface area contributed by atoms with E-state index in [1.165, 1.54) is 0 Å². The molecule has 0 aliphatic heterocycles. The van der Waals surface area contributed by atoms with Gasteiger partial charge in [0.05, 0.1) is 0 Å². The molecule has 0 aromatic rings. The summed E-state index contributed by atoms with van der Waals surface area (Å²) in [6.45, 7) is 7.32. The van der Waals surface area contributed by atoms with Crippen LogP contribution in [-0.2, 0) is 4.79 Å². The summed E-state index contributed by atoms with van der Waals surface area (Å²) in [5, 5.41) is 4.15. The van der Waals surface area contributed by atoms with Gasteiger partial charge in [0, 0.05) is 17.8 Å². The number of carbonyl (C=O) groups excluding carboxylic acids is 1. The monoisotopic (exact) mass is 305 g/mol. The number of hydrogen-bond acceptors (Lipinski definition) is 1. The molecule has 2 nitrogen and oxygen atoms in total. The summed E-state index contributed by atoms with van der Waals surface area (Å²) in [7, 11) is 0. The molecular formula is C14H28BrNO. The van der Waals surface area contributed by atoms with Crippen LogP contribution >= 0.6 is 15.9 Å². The quantitative estimate of drug-likeness (QED) is 0.604. The van der Waals surface area contributed by atoms with E-state index < -0.39 is 0 Å². The number of halogens is 1. The van der Waals surface area contributed by atoms with Crippen LogP contribution in [0.3, 0.4) is 0 Å². The average Bonchev–Trinajstić information content (AvgIpc) is 2.33. The third-order valence-corrected chi connectivity index (χ3v) is 3.76. The molecule has 0 fully saturated rings. The Hall–Kier alpha value is -0.0500. The van der Waals surface area contributed by atoms with Gasteiger partial charge in [-0.3, -0.25) is 4.79 Å². The van der Waals surface area contributed by atoms with E-state index in [1.54, 1.807) is 0 Å². The number of amides is 1. The van der Waals surface area contributed by atoms with Gasteiger partial charge < -0.3 is 5.32 Å². The maximum Gasteiger partial charge on any atom is 0.223 e. The van der Waals surface area contributed by atoms with Crippen molar-refractivity contribution in [1.82, 2.24) is 5.32 Å². The molecule has 0 saturated heterocycles. The lowest BCUT2D eigenvalue weighted by atomic mass is 9.96. The van der Waals surface area contributed by atoms with Crippen LogP contribution in [0.15, 0.2) is 0 Å². The van der Waals surface area contributed by atoms with Gasteiger partial charge in [0.2, 0.25) is 5.91 Å². The van der Waals surface area contributed by atoms with Crippen LogP contribution in [0, 0.1) is 11.8 Å². The minimum atomic E-state index is 0.228. The molecule has 0 radical (unpaired) electrons. The fraction of sp³-hybridized carbons (Fsp3) is 0.929. The number of alkyl halides is 1. The number of carbonyl (C=O) groups is 1. The van der Waals surface area contributed by atoms with Gasteiger partial charge in [-0.1, -0.05) is 56.0 Å². The van der Waals surface area contributed by atoms with Crippen molar-refractivity contribution in [1.29, 1.82) is 0 Å². The van der Waals surface area contributed by atoms with Crippen molar-refractivity contribution in [3.8, 4) is 0 Å². The van der Waals surface area contributed by atoms with Crippen molar-refractivity contribution >= 4 is 21.8 Å². The Kier molecular flexibility index (Phi) is 11.0. The molecule has 0 heterocycles. The highest BCUT2D eigenvalue weighted by Crippen LogP contribution is 2.14. The van der Waals surface area contributed by atoms with E-state index in [9.17, 15) is 4.79 Å². The molecule has 1 atom stereocenters. The Morgan fingerprint density at radius 1 is 1.12 bits per heavy atom. The standard InChI is InChI=1S/C14H28BrNO/c1-4-7-13(8-5-2)14(17)16-11-12(6-3)9-10-15/h12-13H,4-11H2,1-3H3,(H,16,17). The lowest BCUT2D eigenvalue weighted by Gasteiger charge is -2.18. The van der Waals surface area contributed by atoms with Crippen molar-refractivity contribution in [3.05, 3.63) is 0 Å². The minimum Gasteiger partial charge on any atom is -0.356 e. The summed E-state index contributed by atoms with van der Waals surface area (Å²) >= 11 is 3.46. The second kappa shape index (κ2) is 11.1. The maximum absolute atomic E-state index is 12.0. The highest BCUT2D eigenvalue weighted by Gasteiger charge is 2.17. The first-order valence-corrected chi connectivity index (χ1v) is 8.15. The Morgan fingerprint density at radius 3 is 2.12 bits per heavy atom. The molecule has 3 heteroatoms. The number of nitrogens with one attached hydrogen (secondary N) is 1. The topological polar surface area (TPSA) is 29.1 Å². The van der Waals surface area contributed by atoms with Crippen molar-refractivity contribution in [2.24, 2.45) is 11.8 Å². The van der Waals surface area contributed by atoms with E-state index in [0.29, 0.717) is 5.92 Å². The Bertz CT molecular complexity index is 191. The molecule has 1 N–H and O–H groups in total. The van der Waals surface area contributed by atoms with Crippen LogP contribution < -0.4 is 5.32 Å². The predicted octanol–water partition coefficient (Wildman–Crippen LogP) is 4.13. The van der Waals surface area contributed by atoms with Gasteiger partial charge in [-0.2, -0.15) is 0 Å².